The van der Waals surface area contributed by atoms with E-state index in [1.54, 1.807) is 0 Å². The lowest BCUT2D eigenvalue weighted by molar-refractivity contribution is -0.123. The predicted octanol–water partition coefficient (Wildman–Crippen LogP) is 3.16. The molecule has 0 aliphatic heterocycles. The number of nitrogens with one attached hydrogen (secondary N) is 2. The third kappa shape index (κ3) is 3.87. The lowest BCUT2D eigenvalue weighted by Gasteiger charge is -2.08. The topological polar surface area (TPSA) is 67.0 Å². The zero-order chi connectivity index (χ0) is 16.2. The summed E-state index contributed by atoms with van der Waals surface area (Å²) in [6.07, 6.45) is 0. The molecular formula is C16H13BrFN3O2. The summed E-state index contributed by atoms with van der Waals surface area (Å²) in [6, 6.07) is 11.6. The van der Waals surface area contributed by atoms with Crippen molar-refractivity contribution in [2.45, 2.75) is 6.54 Å². The summed E-state index contributed by atoms with van der Waals surface area (Å²) in [5, 5.41) is 2.71. The van der Waals surface area contributed by atoms with E-state index in [1.165, 1.54) is 18.2 Å². The lowest BCUT2D eigenvalue weighted by Crippen LogP contribution is -2.28. The second-order valence-corrected chi connectivity index (χ2v) is 5.70. The molecule has 1 heterocycles. The van der Waals surface area contributed by atoms with Gasteiger partial charge in [0.2, 0.25) is 0 Å². The molecule has 0 bridgehead atoms. The molecule has 0 fully saturated rings. The summed E-state index contributed by atoms with van der Waals surface area (Å²) in [7, 11) is 0. The summed E-state index contributed by atoms with van der Waals surface area (Å²) in [5.74, 6) is 0.410. The normalized spacial score (nSPS) is 10.7. The molecule has 3 aromatic rings. The Kier molecular flexibility index (Phi) is 4.57. The first-order valence-electron chi connectivity index (χ1n) is 6.90. The van der Waals surface area contributed by atoms with E-state index in [9.17, 15) is 9.18 Å². The molecule has 1 aromatic heterocycles. The molecule has 0 aliphatic rings. The first-order chi connectivity index (χ1) is 11.1. The van der Waals surface area contributed by atoms with E-state index in [4.69, 9.17) is 4.74 Å². The van der Waals surface area contributed by atoms with Crippen LogP contribution in [0.4, 0.5) is 4.39 Å². The number of carbonyl (C=O) groups excluding carboxylic acids is 1. The average molecular weight is 378 g/mol. The van der Waals surface area contributed by atoms with Crippen LogP contribution in [-0.2, 0) is 11.3 Å². The maximum absolute atomic E-state index is 13.0. The number of fused-ring (bicyclic) bond motifs is 1. The van der Waals surface area contributed by atoms with Gasteiger partial charge in [0.05, 0.1) is 22.1 Å². The van der Waals surface area contributed by atoms with Gasteiger partial charge in [0.1, 0.15) is 17.4 Å². The highest BCUT2D eigenvalue weighted by atomic mass is 79.9. The number of para-hydroxylation sites is 2. The van der Waals surface area contributed by atoms with Crippen LogP contribution in [0.25, 0.3) is 11.0 Å². The number of carbonyl (C=O) groups is 1. The summed E-state index contributed by atoms with van der Waals surface area (Å²) in [6.45, 7) is 0.117. The molecule has 3 rings (SSSR count). The van der Waals surface area contributed by atoms with Crippen LogP contribution < -0.4 is 10.1 Å². The Morgan fingerprint density at radius 3 is 2.91 bits per heavy atom. The molecular weight excluding hydrogens is 365 g/mol. The summed E-state index contributed by atoms with van der Waals surface area (Å²) >= 11 is 3.18. The first kappa shape index (κ1) is 15.5. The Morgan fingerprint density at radius 2 is 2.13 bits per heavy atom. The van der Waals surface area contributed by atoms with E-state index in [2.05, 4.69) is 31.2 Å². The molecule has 0 saturated carbocycles. The van der Waals surface area contributed by atoms with Crippen molar-refractivity contribution < 1.29 is 13.9 Å². The first-order valence-corrected chi connectivity index (χ1v) is 7.69. The van der Waals surface area contributed by atoms with Gasteiger partial charge >= 0.3 is 0 Å². The van der Waals surface area contributed by atoms with E-state index in [0.29, 0.717) is 16.0 Å². The number of nitrogens with zero attached hydrogens (tertiary/aromatic N) is 1. The monoisotopic (exact) mass is 377 g/mol. The SMILES string of the molecule is O=C(COc1ccc(F)cc1Br)NCc1nc2ccccc2[nH]1. The molecule has 0 atom stereocenters. The summed E-state index contributed by atoms with van der Waals surface area (Å²) in [4.78, 5) is 19.3. The third-order valence-electron chi connectivity index (χ3n) is 3.14. The Hall–Kier alpha value is -2.41. The molecule has 0 aliphatic carbocycles. The molecule has 5 nitrogen and oxygen atoms in total. The molecule has 0 saturated heterocycles. The third-order valence-corrected chi connectivity index (χ3v) is 3.76. The second-order valence-electron chi connectivity index (χ2n) is 4.84. The summed E-state index contributed by atoms with van der Waals surface area (Å²) < 4.78 is 18.8. The zero-order valence-electron chi connectivity index (χ0n) is 12.0. The van der Waals surface area contributed by atoms with Crippen molar-refractivity contribution in [3.63, 3.8) is 0 Å². The standard InChI is InChI=1S/C16H13BrFN3O2/c17-11-7-10(18)5-6-14(11)23-9-16(22)19-8-15-20-12-3-1-2-4-13(12)21-15/h1-7H,8-9H2,(H,19,22)(H,20,21). The van der Waals surface area contributed by atoms with Gasteiger partial charge in [-0.2, -0.15) is 0 Å². The molecule has 0 unspecified atom stereocenters. The van der Waals surface area contributed by atoms with Gasteiger partial charge in [-0.1, -0.05) is 12.1 Å². The number of hydrogen-bond acceptors (Lipinski definition) is 3. The Bertz CT molecular complexity index is 817. The molecule has 23 heavy (non-hydrogen) atoms. The van der Waals surface area contributed by atoms with Crippen LogP contribution in [0.5, 0.6) is 5.75 Å². The maximum atomic E-state index is 13.0. The highest BCUT2D eigenvalue weighted by Gasteiger charge is 2.08. The van der Waals surface area contributed by atoms with Gasteiger partial charge in [-0.25, -0.2) is 9.37 Å². The number of benzene rings is 2. The number of aromatic amines is 1. The van der Waals surface area contributed by atoms with Crippen LogP contribution in [-0.4, -0.2) is 22.5 Å². The molecule has 2 N–H and O–H groups in total. The van der Waals surface area contributed by atoms with Crippen molar-refractivity contribution in [3.8, 4) is 5.75 Å². The van der Waals surface area contributed by atoms with Gasteiger partial charge in [0, 0.05) is 0 Å². The van der Waals surface area contributed by atoms with Crippen LogP contribution in [0.2, 0.25) is 0 Å². The Balaban J connectivity index is 1.53. The number of ether oxygens (including phenoxy) is 1. The molecule has 1 amide bonds. The summed E-state index contributed by atoms with van der Waals surface area (Å²) in [5.41, 5.74) is 1.77. The van der Waals surface area contributed by atoms with Crippen molar-refractivity contribution in [3.05, 3.63) is 58.6 Å². The number of imidazole rings is 1. The van der Waals surface area contributed by atoms with Gasteiger partial charge in [0.15, 0.2) is 6.61 Å². The number of halogens is 2. The van der Waals surface area contributed by atoms with Crippen molar-refractivity contribution >= 4 is 32.9 Å². The Labute approximate surface area is 140 Å². The minimum absolute atomic E-state index is 0.162. The average Bonchev–Trinajstić information content (AvgIpc) is 2.95. The van der Waals surface area contributed by atoms with Crippen LogP contribution >= 0.6 is 15.9 Å². The predicted molar refractivity (Wildman–Crippen MR) is 87.5 cm³/mol. The van der Waals surface area contributed by atoms with E-state index < -0.39 is 0 Å². The van der Waals surface area contributed by atoms with Gasteiger partial charge < -0.3 is 15.0 Å². The van der Waals surface area contributed by atoms with E-state index in [0.717, 1.165) is 11.0 Å². The minimum atomic E-state index is -0.376. The molecule has 7 heteroatoms. The highest BCUT2D eigenvalue weighted by Crippen LogP contribution is 2.25. The van der Waals surface area contributed by atoms with Crippen molar-refractivity contribution in [1.82, 2.24) is 15.3 Å². The van der Waals surface area contributed by atoms with Crippen LogP contribution in [0.15, 0.2) is 46.9 Å². The van der Waals surface area contributed by atoms with Gasteiger partial charge in [-0.05, 0) is 46.3 Å². The Morgan fingerprint density at radius 1 is 1.30 bits per heavy atom. The largest absolute Gasteiger partial charge is 0.483 e. The fourth-order valence-corrected chi connectivity index (χ4v) is 2.52. The quantitative estimate of drug-likeness (QED) is 0.717. The number of amides is 1. The molecule has 118 valence electrons. The number of hydrogen-bond donors (Lipinski definition) is 2. The molecule has 2 aromatic carbocycles. The van der Waals surface area contributed by atoms with E-state index >= 15 is 0 Å². The van der Waals surface area contributed by atoms with Crippen molar-refractivity contribution in [2.24, 2.45) is 0 Å². The van der Waals surface area contributed by atoms with Crippen molar-refractivity contribution in [2.75, 3.05) is 6.61 Å². The smallest absolute Gasteiger partial charge is 0.258 e. The van der Waals surface area contributed by atoms with Crippen LogP contribution in [0.1, 0.15) is 5.82 Å². The zero-order valence-corrected chi connectivity index (χ0v) is 13.6. The van der Waals surface area contributed by atoms with E-state index in [-0.39, 0.29) is 24.9 Å². The highest BCUT2D eigenvalue weighted by molar-refractivity contribution is 9.10. The van der Waals surface area contributed by atoms with E-state index in [1.807, 2.05) is 24.3 Å². The van der Waals surface area contributed by atoms with Crippen molar-refractivity contribution in [1.29, 1.82) is 0 Å². The molecule has 0 spiro atoms. The number of aromatic nitrogens is 2. The van der Waals surface area contributed by atoms with Gasteiger partial charge in [0.25, 0.3) is 5.91 Å². The lowest BCUT2D eigenvalue weighted by atomic mass is 10.3. The fraction of sp³-hybridized carbons (Fsp3) is 0.125. The van der Waals surface area contributed by atoms with Crippen LogP contribution in [0, 0.1) is 5.82 Å². The minimum Gasteiger partial charge on any atom is -0.483 e. The van der Waals surface area contributed by atoms with Crippen LogP contribution in [0.3, 0.4) is 0 Å². The molecule has 0 radical (unpaired) electrons. The second kappa shape index (κ2) is 6.78. The maximum Gasteiger partial charge on any atom is 0.258 e. The van der Waals surface area contributed by atoms with Gasteiger partial charge in [-0.15, -0.1) is 0 Å². The number of rotatable bonds is 5. The fourth-order valence-electron chi connectivity index (χ4n) is 2.06. The number of H-pyrrole nitrogens is 1. The van der Waals surface area contributed by atoms with Gasteiger partial charge in [-0.3, -0.25) is 4.79 Å².